The van der Waals surface area contributed by atoms with Crippen molar-refractivity contribution in [2.75, 3.05) is 6.54 Å². The molecule has 0 fully saturated rings. The quantitative estimate of drug-likeness (QED) is 0.556. The van der Waals surface area contributed by atoms with Gasteiger partial charge in [0.15, 0.2) is 0 Å². The maximum absolute atomic E-state index is 3.67. The molecule has 0 aliphatic heterocycles. The van der Waals surface area contributed by atoms with Gasteiger partial charge in [-0.3, -0.25) is 0 Å². The van der Waals surface area contributed by atoms with Crippen LogP contribution >= 0.6 is 0 Å². The molecule has 1 aromatic carbocycles. The average molecular weight is 191 g/mol. The first-order valence-electron chi connectivity index (χ1n) is 5.29. The van der Waals surface area contributed by atoms with Crippen LogP contribution < -0.4 is 5.32 Å². The molecule has 1 heteroatoms. The van der Waals surface area contributed by atoms with E-state index >= 15 is 0 Å². The molecule has 0 radical (unpaired) electrons. The molecule has 1 nitrogen and oxygen atoms in total. The van der Waals surface area contributed by atoms with Crippen molar-refractivity contribution in [3.8, 4) is 0 Å². The van der Waals surface area contributed by atoms with Crippen LogP contribution in [0.3, 0.4) is 0 Å². The second-order valence-corrected chi connectivity index (χ2v) is 2.74. The fourth-order valence-electron chi connectivity index (χ4n) is 1.03. The standard InChI is InChI=1S/C11H15N.C2H6/c1-2-3-9-12-10-11-7-5-4-6-8-11;1-2/h2,4-8,12H,1,3,9-10H2;1-2H3. The van der Waals surface area contributed by atoms with E-state index in [0.29, 0.717) is 0 Å². The van der Waals surface area contributed by atoms with Crippen LogP contribution in [0, 0.1) is 0 Å². The van der Waals surface area contributed by atoms with Gasteiger partial charge in [0.2, 0.25) is 0 Å². The molecule has 0 aromatic heterocycles. The monoisotopic (exact) mass is 191 g/mol. The first kappa shape index (κ1) is 12.9. The van der Waals surface area contributed by atoms with Crippen molar-refractivity contribution in [2.45, 2.75) is 26.8 Å². The van der Waals surface area contributed by atoms with E-state index in [2.05, 4.69) is 36.2 Å². The van der Waals surface area contributed by atoms with Crippen LogP contribution in [0.25, 0.3) is 0 Å². The Balaban J connectivity index is 0.000000791. The summed E-state index contributed by atoms with van der Waals surface area (Å²) in [5.41, 5.74) is 1.33. The maximum atomic E-state index is 3.67. The van der Waals surface area contributed by atoms with E-state index in [1.54, 1.807) is 0 Å². The molecule has 0 amide bonds. The van der Waals surface area contributed by atoms with E-state index in [0.717, 1.165) is 19.5 Å². The molecule has 0 saturated heterocycles. The van der Waals surface area contributed by atoms with Gasteiger partial charge in [-0.2, -0.15) is 0 Å². The lowest BCUT2D eigenvalue weighted by Crippen LogP contribution is -2.13. The zero-order chi connectivity index (χ0) is 10.6. The number of hydrogen-bond donors (Lipinski definition) is 1. The molecule has 0 aliphatic rings. The number of rotatable bonds is 5. The highest BCUT2D eigenvalue weighted by Gasteiger charge is 1.87. The Bertz CT molecular complexity index is 216. The molecule has 0 saturated carbocycles. The highest BCUT2D eigenvalue weighted by Crippen LogP contribution is 1.96. The molecule has 1 N–H and O–H groups in total. The van der Waals surface area contributed by atoms with Crippen molar-refractivity contribution in [2.24, 2.45) is 0 Å². The molecule has 0 unspecified atom stereocenters. The largest absolute Gasteiger partial charge is 0.312 e. The van der Waals surface area contributed by atoms with Crippen LogP contribution in [0.1, 0.15) is 25.8 Å². The van der Waals surface area contributed by atoms with Crippen LogP contribution in [0.5, 0.6) is 0 Å². The molecule has 14 heavy (non-hydrogen) atoms. The van der Waals surface area contributed by atoms with E-state index in [-0.39, 0.29) is 0 Å². The van der Waals surface area contributed by atoms with E-state index < -0.39 is 0 Å². The lowest BCUT2D eigenvalue weighted by molar-refractivity contribution is 0.696. The Morgan fingerprint density at radius 2 is 1.86 bits per heavy atom. The Kier molecular flexibility index (Phi) is 9.23. The molecule has 1 aromatic rings. The van der Waals surface area contributed by atoms with Gasteiger partial charge in [0.1, 0.15) is 0 Å². The van der Waals surface area contributed by atoms with Gasteiger partial charge in [-0.05, 0) is 18.5 Å². The van der Waals surface area contributed by atoms with Gasteiger partial charge in [-0.1, -0.05) is 50.3 Å². The van der Waals surface area contributed by atoms with Crippen molar-refractivity contribution in [1.29, 1.82) is 0 Å². The third-order valence-electron chi connectivity index (χ3n) is 1.70. The Hall–Kier alpha value is -1.08. The predicted molar refractivity (Wildman–Crippen MR) is 64.3 cm³/mol. The summed E-state index contributed by atoms with van der Waals surface area (Å²) in [6.45, 7) is 9.63. The molecule has 0 atom stereocenters. The Morgan fingerprint density at radius 1 is 1.21 bits per heavy atom. The van der Waals surface area contributed by atoms with Crippen molar-refractivity contribution in [3.05, 3.63) is 48.6 Å². The molecule has 0 aliphatic carbocycles. The fraction of sp³-hybridized carbons (Fsp3) is 0.385. The van der Waals surface area contributed by atoms with Crippen molar-refractivity contribution in [1.82, 2.24) is 5.32 Å². The van der Waals surface area contributed by atoms with Gasteiger partial charge < -0.3 is 5.32 Å². The molecule has 78 valence electrons. The number of benzene rings is 1. The normalized spacial score (nSPS) is 8.71. The molecule has 1 rings (SSSR count). The summed E-state index contributed by atoms with van der Waals surface area (Å²) in [6, 6.07) is 10.4. The van der Waals surface area contributed by atoms with Gasteiger partial charge in [0.05, 0.1) is 0 Å². The minimum absolute atomic E-state index is 0.953. The summed E-state index contributed by atoms with van der Waals surface area (Å²) in [5, 5.41) is 3.33. The maximum Gasteiger partial charge on any atom is 0.0205 e. The van der Waals surface area contributed by atoms with Crippen LogP contribution in [0.15, 0.2) is 43.0 Å². The van der Waals surface area contributed by atoms with Gasteiger partial charge in [-0.15, -0.1) is 6.58 Å². The minimum atomic E-state index is 0.953. The highest BCUT2D eigenvalue weighted by atomic mass is 14.8. The Labute approximate surface area is 87.9 Å². The lowest BCUT2D eigenvalue weighted by atomic mass is 10.2. The van der Waals surface area contributed by atoms with Gasteiger partial charge in [0.25, 0.3) is 0 Å². The fourth-order valence-corrected chi connectivity index (χ4v) is 1.03. The summed E-state index contributed by atoms with van der Waals surface area (Å²) in [5.74, 6) is 0. The molecular weight excluding hydrogens is 170 g/mol. The molecule has 0 heterocycles. The summed E-state index contributed by atoms with van der Waals surface area (Å²) in [7, 11) is 0. The summed E-state index contributed by atoms with van der Waals surface area (Å²) < 4.78 is 0. The Morgan fingerprint density at radius 3 is 2.43 bits per heavy atom. The van der Waals surface area contributed by atoms with Gasteiger partial charge in [0, 0.05) is 6.54 Å². The average Bonchev–Trinajstić information content (AvgIpc) is 2.29. The van der Waals surface area contributed by atoms with E-state index in [4.69, 9.17) is 0 Å². The minimum Gasteiger partial charge on any atom is -0.312 e. The second-order valence-electron chi connectivity index (χ2n) is 2.74. The van der Waals surface area contributed by atoms with Crippen molar-refractivity contribution in [3.63, 3.8) is 0 Å². The molecule has 0 spiro atoms. The topological polar surface area (TPSA) is 12.0 Å². The van der Waals surface area contributed by atoms with Gasteiger partial charge in [-0.25, -0.2) is 0 Å². The first-order valence-corrected chi connectivity index (χ1v) is 5.29. The van der Waals surface area contributed by atoms with E-state index in [9.17, 15) is 0 Å². The van der Waals surface area contributed by atoms with Crippen molar-refractivity contribution < 1.29 is 0 Å². The number of hydrogen-bond acceptors (Lipinski definition) is 1. The van der Waals surface area contributed by atoms with Crippen LogP contribution in [-0.4, -0.2) is 6.54 Å². The molecule has 0 bridgehead atoms. The first-order chi connectivity index (χ1) is 6.93. The zero-order valence-corrected chi connectivity index (χ0v) is 9.29. The smallest absolute Gasteiger partial charge is 0.0205 e. The second kappa shape index (κ2) is 10.0. The van der Waals surface area contributed by atoms with E-state index in [1.807, 2.05) is 26.0 Å². The summed E-state index contributed by atoms with van der Waals surface area (Å²) >= 11 is 0. The SMILES string of the molecule is C=CCCNCc1ccccc1.CC. The zero-order valence-electron chi connectivity index (χ0n) is 9.29. The summed E-state index contributed by atoms with van der Waals surface area (Å²) in [6.07, 6.45) is 2.96. The third kappa shape index (κ3) is 6.44. The lowest BCUT2D eigenvalue weighted by Gasteiger charge is -2.01. The third-order valence-corrected chi connectivity index (χ3v) is 1.70. The van der Waals surface area contributed by atoms with Crippen LogP contribution in [0.2, 0.25) is 0 Å². The van der Waals surface area contributed by atoms with Crippen LogP contribution in [-0.2, 0) is 6.54 Å². The van der Waals surface area contributed by atoms with Crippen molar-refractivity contribution >= 4 is 0 Å². The number of nitrogens with one attached hydrogen (secondary N) is 1. The highest BCUT2D eigenvalue weighted by molar-refractivity contribution is 5.14. The summed E-state index contributed by atoms with van der Waals surface area (Å²) in [4.78, 5) is 0. The van der Waals surface area contributed by atoms with E-state index in [1.165, 1.54) is 5.56 Å². The van der Waals surface area contributed by atoms with Gasteiger partial charge >= 0.3 is 0 Å². The predicted octanol–water partition coefficient (Wildman–Crippen LogP) is 3.38. The molecular formula is C13H21N. The van der Waals surface area contributed by atoms with Crippen LogP contribution in [0.4, 0.5) is 0 Å².